The predicted octanol–water partition coefficient (Wildman–Crippen LogP) is 0.501. The first kappa shape index (κ1) is 14.1. The van der Waals surface area contributed by atoms with E-state index in [4.69, 9.17) is 9.26 Å². The Morgan fingerprint density at radius 1 is 1.41 bits per heavy atom. The van der Waals surface area contributed by atoms with Crippen LogP contribution in [0.15, 0.2) is 4.52 Å². The molecule has 98 valence electrons. The van der Waals surface area contributed by atoms with Crippen molar-refractivity contribution in [2.45, 2.75) is 33.4 Å². The number of aliphatic hydroxyl groups excluding tert-OH is 1. The molecule has 1 unspecified atom stereocenters. The predicted molar refractivity (Wildman–Crippen MR) is 62.4 cm³/mol. The number of aliphatic hydroxyl groups is 1. The van der Waals surface area contributed by atoms with Crippen LogP contribution in [0, 0.1) is 12.8 Å². The van der Waals surface area contributed by atoms with E-state index in [-0.39, 0.29) is 0 Å². The van der Waals surface area contributed by atoms with Gasteiger partial charge in [-0.15, -0.1) is 0 Å². The van der Waals surface area contributed by atoms with E-state index in [1.165, 1.54) is 0 Å². The van der Waals surface area contributed by atoms with E-state index < -0.39 is 6.10 Å². The summed E-state index contributed by atoms with van der Waals surface area (Å²) in [6, 6.07) is 0. The van der Waals surface area contributed by atoms with Crippen molar-refractivity contribution >= 4 is 0 Å². The Balaban J connectivity index is 2.05. The minimum atomic E-state index is -0.516. The third-order valence-electron chi connectivity index (χ3n) is 1.99. The van der Waals surface area contributed by atoms with Gasteiger partial charge in [0.15, 0.2) is 5.82 Å². The third-order valence-corrected chi connectivity index (χ3v) is 1.99. The van der Waals surface area contributed by atoms with Gasteiger partial charge in [-0.1, -0.05) is 19.0 Å². The molecule has 17 heavy (non-hydrogen) atoms. The summed E-state index contributed by atoms with van der Waals surface area (Å²) >= 11 is 0. The molecule has 0 aromatic carbocycles. The average Bonchev–Trinajstić information content (AvgIpc) is 2.63. The zero-order chi connectivity index (χ0) is 12.7. The molecule has 0 saturated carbocycles. The van der Waals surface area contributed by atoms with Crippen LogP contribution in [0.1, 0.15) is 25.6 Å². The number of hydrogen-bond donors (Lipinski definition) is 2. The molecule has 0 saturated heterocycles. The Hall–Kier alpha value is -0.980. The van der Waals surface area contributed by atoms with Crippen LogP contribution < -0.4 is 5.32 Å². The molecule has 2 N–H and O–H groups in total. The summed E-state index contributed by atoms with van der Waals surface area (Å²) < 4.78 is 10.2. The first-order chi connectivity index (χ1) is 8.08. The molecule has 6 heteroatoms. The summed E-state index contributed by atoms with van der Waals surface area (Å²) in [7, 11) is 0. The van der Waals surface area contributed by atoms with Gasteiger partial charge in [0.05, 0.1) is 19.3 Å². The summed E-state index contributed by atoms with van der Waals surface area (Å²) in [5, 5.41) is 16.3. The highest BCUT2D eigenvalue weighted by atomic mass is 16.5. The largest absolute Gasteiger partial charge is 0.389 e. The van der Waals surface area contributed by atoms with E-state index in [1.54, 1.807) is 6.92 Å². The number of aromatic nitrogens is 2. The van der Waals surface area contributed by atoms with Crippen LogP contribution in [0.2, 0.25) is 0 Å². The highest BCUT2D eigenvalue weighted by Gasteiger charge is 2.06. The van der Waals surface area contributed by atoms with E-state index in [1.807, 2.05) is 0 Å². The van der Waals surface area contributed by atoms with Gasteiger partial charge in [0.25, 0.3) is 0 Å². The van der Waals surface area contributed by atoms with Crippen molar-refractivity contribution in [1.29, 1.82) is 0 Å². The highest BCUT2D eigenvalue weighted by molar-refractivity contribution is 4.81. The molecule has 1 rings (SSSR count). The molecule has 0 spiro atoms. The summed E-state index contributed by atoms with van der Waals surface area (Å²) in [5.74, 6) is 1.62. The molecule has 1 aromatic rings. The van der Waals surface area contributed by atoms with Gasteiger partial charge in [0, 0.05) is 13.2 Å². The lowest BCUT2D eigenvalue weighted by Gasteiger charge is -2.12. The maximum Gasteiger partial charge on any atom is 0.240 e. The summed E-state index contributed by atoms with van der Waals surface area (Å²) in [6.07, 6.45) is -0.516. The van der Waals surface area contributed by atoms with Crippen molar-refractivity contribution in [2.75, 3.05) is 19.8 Å². The topological polar surface area (TPSA) is 80.4 Å². The summed E-state index contributed by atoms with van der Waals surface area (Å²) in [6.45, 7) is 7.82. The molecule has 0 aliphatic carbocycles. The molecule has 0 radical (unpaired) electrons. The standard InChI is InChI=1S/C11H21N3O3/c1-8(2)6-16-7-10(15)4-12-5-11-13-9(3)14-17-11/h8,10,12,15H,4-7H2,1-3H3. The SMILES string of the molecule is Cc1noc(CNCC(O)COCC(C)C)n1. The maximum absolute atomic E-state index is 9.59. The molecule has 1 heterocycles. The fraction of sp³-hybridized carbons (Fsp3) is 0.818. The number of nitrogens with zero attached hydrogens (tertiary/aromatic N) is 2. The van der Waals surface area contributed by atoms with Gasteiger partial charge >= 0.3 is 0 Å². The van der Waals surface area contributed by atoms with Crippen molar-refractivity contribution in [1.82, 2.24) is 15.5 Å². The van der Waals surface area contributed by atoms with Crippen LogP contribution >= 0.6 is 0 Å². The van der Waals surface area contributed by atoms with Crippen LogP contribution in [0.5, 0.6) is 0 Å². The Labute approximate surface area is 101 Å². The minimum Gasteiger partial charge on any atom is -0.389 e. The van der Waals surface area contributed by atoms with Crippen LogP contribution in [-0.2, 0) is 11.3 Å². The molecule has 0 fully saturated rings. The van der Waals surface area contributed by atoms with Gasteiger partial charge in [0.2, 0.25) is 5.89 Å². The van der Waals surface area contributed by atoms with E-state index in [9.17, 15) is 5.11 Å². The van der Waals surface area contributed by atoms with Crippen LogP contribution in [0.3, 0.4) is 0 Å². The van der Waals surface area contributed by atoms with Gasteiger partial charge in [0.1, 0.15) is 0 Å². The molecule has 1 aromatic heterocycles. The summed E-state index contributed by atoms with van der Waals surface area (Å²) in [5.41, 5.74) is 0. The minimum absolute atomic E-state index is 0.341. The van der Waals surface area contributed by atoms with Crippen molar-refractivity contribution < 1.29 is 14.4 Å². The highest BCUT2D eigenvalue weighted by Crippen LogP contribution is 1.96. The number of hydrogen-bond acceptors (Lipinski definition) is 6. The zero-order valence-corrected chi connectivity index (χ0v) is 10.6. The normalized spacial score (nSPS) is 13.2. The van der Waals surface area contributed by atoms with Crippen LogP contribution in [0.4, 0.5) is 0 Å². The van der Waals surface area contributed by atoms with Crippen LogP contribution in [0.25, 0.3) is 0 Å². The second-order valence-electron chi connectivity index (χ2n) is 4.45. The van der Waals surface area contributed by atoms with Crippen LogP contribution in [-0.4, -0.2) is 41.1 Å². The van der Waals surface area contributed by atoms with Crippen molar-refractivity contribution in [3.8, 4) is 0 Å². The molecule has 0 aliphatic heterocycles. The number of aryl methyl sites for hydroxylation is 1. The molecule has 0 amide bonds. The first-order valence-electron chi connectivity index (χ1n) is 5.83. The van der Waals surface area contributed by atoms with E-state index >= 15 is 0 Å². The Morgan fingerprint density at radius 3 is 2.76 bits per heavy atom. The lowest BCUT2D eigenvalue weighted by molar-refractivity contribution is 0.0258. The molecule has 0 aliphatic rings. The van der Waals surface area contributed by atoms with Crippen molar-refractivity contribution in [3.63, 3.8) is 0 Å². The van der Waals surface area contributed by atoms with E-state index in [2.05, 4.69) is 29.3 Å². The third kappa shape index (κ3) is 6.35. The van der Waals surface area contributed by atoms with E-state index in [0.717, 1.165) is 0 Å². The van der Waals surface area contributed by atoms with E-state index in [0.29, 0.717) is 43.9 Å². The number of ether oxygens (including phenoxy) is 1. The quantitative estimate of drug-likeness (QED) is 0.692. The lowest BCUT2D eigenvalue weighted by atomic mass is 10.2. The molecule has 6 nitrogen and oxygen atoms in total. The monoisotopic (exact) mass is 243 g/mol. The van der Waals surface area contributed by atoms with Crippen molar-refractivity contribution in [3.05, 3.63) is 11.7 Å². The second-order valence-corrected chi connectivity index (χ2v) is 4.45. The van der Waals surface area contributed by atoms with Gasteiger partial charge in [-0.3, -0.25) is 0 Å². The van der Waals surface area contributed by atoms with Gasteiger partial charge in [-0.25, -0.2) is 0 Å². The van der Waals surface area contributed by atoms with Gasteiger partial charge < -0.3 is 19.7 Å². The molecular weight excluding hydrogens is 222 g/mol. The zero-order valence-electron chi connectivity index (χ0n) is 10.6. The second kappa shape index (κ2) is 7.37. The van der Waals surface area contributed by atoms with Gasteiger partial charge in [-0.2, -0.15) is 4.98 Å². The fourth-order valence-electron chi connectivity index (χ4n) is 1.26. The Kier molecular flexibility index (Phi) is 6.10. The Bertz CT molecular complexity index is 315. The smallest absolute Gasteiger partial charge is 0.240 e. The lowest BCUT2D eigenvalue weighted by Crippen LogP contribution is -2.30. The summed E-state index contributed by atoms with van der Waals surface area (Å²) in [4.78, 5) is 4.04. The number of rotatable bonds is 8. The molecular formula is C11H21N3O3. The molecule has 0 bridgehead atoms. The average molecular weight is 243 g/mol. The maximum atomic E-state index is 9.59. The first-order valence-corrected chi connectivity index (χ1v) is 5.83. The van der Waals surface area contributed by atoms with Gasteiger partial charge in [-0.05, 0) is 12.8 Å². The van der Waals surface area contributed by atoms with Crippen molar-refractivity contribution in [2.24, 2.45) is 5.92 Å². The number of nitrogens with one attached hydrogen (secondary N) is 1. The molecule has 1 atom stereocenters. The fourth-order valence-corrected chi connectivity index (χ4v) is 1.26. The Morgan fingerprint density at radius 2 is 2.18 bits per heavy atom.